The Hall–Kier alpha value is -3.13. The van der Waals surface area contributed by atoms with Gasteiger partial charge in [-0.15, -0.1) is 5.10 Å². The molecule has 28 heavy (non-hydrogen) atoms. The first-order valence-corrected chi connectivity index (χ1v) is 9.60. The summed E-state index contributed by atoms with van der Waals surface area (Å²) in [5.41, 5.74) is 2.71. The minimum absolute atomic E-state index is 0.0696. The molecule has 0 aliphatic carbocycles. The third-order valence-corrected chi connectivity index (χ3v) is 5.04. The van der Waals surface area contributed by atoms with Crippen LogP contribution in [-0.4, -0.2) is 42.5 Å². The quantitative estimate of drug-likeness (QED) is 0.582. The second kappa shape index (κ2) is 9.18. The number of rotatable bonds is 6. The fraction of sp³-hybridized carbons (Fsp3) is 0.200. The number of nitrogens with one attached hydrogen (secondary N) is 2. The summed E-state index contributed by atoms with van der Waals surface area (Å²) >= 11 is 1.21. The van der Waals surface area contributed by atoms with E-state index >= 15 is 0 Å². The van der Waals surface area contributed by atoms with Crippen LogP contribution < -0.4 is 15.5 Å². The molecule has 1 saturated heterocycles. The van der Waals surface area contributed by atoms with E-state index in [4.69, 9.17) is 0 Å². The molecule has 0 saturated carbocycles. The Morgan fingerprint density at radius 3 is 2.57 bits per heavy atom. The highest BCUT2D eigenvalue weighted by molar-refractivity contribution is 8.15. The second-order valence-electron chi connectivity index (χ2n) is 6.35. The molecule has 3 rings (SSSR count). The molecule has 0 radical (unpaired) electrons. The van der Waals surface area contributed by atoms with E-state index in [9.17, 15) is 9.59 Å². The standard InChI is InChI=1S/C20H21N5O2S/c1-25(2)16-10-8-14(9-11-16)13-21-24-20-23-19(27)17(28-20)12-18(26)22-15-6-4-3-5-7-15/h3-11,13,17H,12H2,1-2H3,(H,22,26)(H,23,24,27)/b21-13-. The largest absolute Gasteiger partial charge is 0.378 e. The van der Waals surface area contributed by atoms with Gasteiger partial charge in [-0.3, -0.25) is 9.59 Å². The topological polar surface area (TPSA) is 86.2 Å². The number of carbonyl (C=O) groups is 2. The molecule has 2 aromatic rings. The van der Waals surface area contributed by atoms with Crippen molar-refractivity contribution < 1.29 is 9.59 Å². The van der Waals surface area contributed by atoms with Crippen molar-refractivity contribution in [3.05, 3.63) is 60.2 Å². The van der Waals surface area contributed by atoms with Crippen LogP contribution in [0.4, 0.5) is 11.4 Å². The third kappa shape index (κ3) is 5.43. The van der Waals surface area contributed by atoms with Crippen molar-refractivity contribution in [2.75, 3.05) is 24.3 Å². The monoisotopic (exact) mass is 395 g/mol. The van der Waals surface area contributed by atoms with Crippen LogP contribution in [-0.2, 0) is 9.59 Å². The van der Waals surface area contributed by atoms with E-state index in [1.807, 2.05) is 61.5 Å². The SMILES string of the molecule is CN(C)c1ccc(/C=N\N=C2/NC(=O)C(CC(=O)Nc3ccccc3)S2)cc1. The summed E-state index contributed by atoms with van der Waals surface area (Å²) < 4.78 is 0. The molecule has 1 heterocycles. The van der Waals surface area contributed by atoms with Crippen molar-refractivity contribution in [2.24, 2.45) is 10.2 Å². The van der Waals surface area contributed by atoms with Crippen LogP contribution in [0.15, 0.2) is 64.8 Å². The predicted molar refractivity (Wildman–Crippen MR) is 115 cm³/mol. The molecule has 8 heteroatoms. The summed E-state index contributed by atoms with van der Waals surface area (Å²) in [6.45, 7) is 0. The van der Waals surface area contributed by atoms with Crippen molar-refractivity contribution in [3.63, 3.8) is 0 Å². The molecule has 0 spiro atoms. The molecule has 2 N–H and O–H groups in total. The van der Waals surface area contributed by atoms with Crippen LogP contribution in [0.25, 0.3) is 0 Å². The number of carbonyl (C=O) groups excluding carboxylic acids is 2. The first-order chi connectivity index (χ1) is 13.5. The van der Waals surface area contributed by atoms with Gasteiger partial charge in [0.2, 0.25) is 11.8 Å². The van der Waals surface area contributed by atoms with Gasteiger partial charge in [0.15, 0.2) is 5.17 Å². The van der Waals surface area contributed by atoms with Gasteiger partial charge in [0.1, 0.15) is 5.25 Å². The van der Waals surface area contributed by atoms with E-state index in [0.717, 1.165) is 11.3 Å². The van der Waals surface area contributed by atoms with Gasteiger partial charge in [0, 0.05) is 31.9 Å². The molecule has 1 fully saturated rings. The average molecular weight is 395 g/mol. The highest BCUT2D eigenvalue weighted by atomic mass is 32.2. The first kappa shape index (κ1) is 19.6. The Labute approximate surface area is 167 Å². The van der Waals surface area contributed by atoms with Crippen molar-refractivity contribution in [3.8, 4) is 0 Å². The van der Waals surface area contributed by atoms with Crippen molar-refractivity contribution in [2.45, 2.75) is 11.7 Å². The van der Waals surface area contributed by atoms with Gasteiger partial charge in [-0.05, 0) is 29.8 Å². The molecule has 1 aliphatic rings. The molecule has 0 bridgehead atoms. The molecule has 1 unspecified atom stereocenters. The van der Waals surface area contributed by atoms with Crippen LogP contribution in [0.1, 0.15) is 12.0 Å². The number of nitrogens with zero attached hydrogens (tertiary/aromatic N) is 3. The predicted octanol–water partition coefficient (Wildman–Crippen LogP) is 2.70. The molecule has 0 aromatic heterocycles. The summed E-state index contributed by atoms with van der Waals surface area (Å²) in [6.07, 6.45) is 1.69. The number of para-hydroxylation sites is 1. The summed E-state index contributed by atoms with van der Waals surface area (Å²) in [7, 11) is 3.96. The van der Waals surface area contributed by atoms with Crippen LogP contribution in [0.3, 0.4) is 0 Å². The van der Waals surface area contributed by atoms with E-state index in [0.29, 0.717) is 10.9 Å². The van der Waals surface area contributed by atoms with E-state index in [1.54, 1.807) is 18.3 Å². The van der Waals surface area contributed by atoms with Crippen LogP contribution in [0, 0.1) is 0 Å². The minimum atomic E-state index is -0.517. The van der Waals surface area contributed by atoms with Crippen molar-refractivity contribution in [1.29, 1.82) is 0 Å². The lowest BCUT2D eigenvalue weighted by Gasteiger charge is -2.11. The number of hydrogen-bond donors (Lipinski definition) is 2. The van der Waals surface area contributed by atoms with Gasteiger partial charge in [-0.25, -0.2) is 0 Å². The van der Waals surface area contributed by atoms with E-state index in [1.165, 1.54) is 11.8 Å². The van der Waals surface area contributed by atoms with Gasteiger partial charge < -0.3 is 15.5 Å². The number of anilines is 2. The van der Waals surface area contributed by atoms with Gasteiger partial charge in [0.05, 0.1) is 6.21 Å². The summed E-state index contributed by atoms with van der Waals surface area (Å²) in [5, 5.41) is 13.4. The number of hydrogen-bond acceptors (Lipinski definition) is 6. The number of thioether (sulfide) groups is 1. The molecule has 2 amide bonds. The zero-order valence-corrected chi connectivity index (χ0v) is 16.4. The van der Waals surface area contributed by atoms with E-state index in [-0.39, 0.29) is 18.2 Å². The Balaban J connectivity index is 1.53. The minimum Gasteiger partial charge on any atom is -0.378 e. The molecule has 1 aliphatic heterocycles. The first-order valence-electron chi connectivity index (χ1n) is 8.72. The van der Waals surface area contributed by atoms with E-state index < -0.39 is 5.25 Å². The highest BCUT2D eigenvalue weighted by Crippen LogP contribution is 2.23. The van der Waals surface area contributed by atoms with Crippen LogP contribution in [0.5, 0.6) is 0 Å². The van der Waals surface area contributed by atoms with Crippen LogP contribution >= 0.6 is 11.8 Å². The number of amidine groups is 1. The van der Waals surface area contributed by atoms with E-state index in [2.05, 4.69) is 20.8 Å². The maximum Gasteiger partial charge on any atom is 0.240 e. The Kier molecular flexibility index (Phi) is 6.44. The van der Waals surface area contributed by atoms with Gasteiger partial charge in [-0.1, -0.05) is 42.1 Å². The molecular formula is C20H21N5O2S. The van der Waals surface area contributed by atoms with Gasteiger partial charge >= 0.3 is 0 Å². The van der Waals surface area contributed by atoms with Gasteiger partial charge in [-0.2, -0.15) is 5.10 Å². The maximum absolute atomic E-state index is 12.1. The van der Waals surface area contributed by atoms with Crippen molar-refractivity contribution >= 4 is 46.3 Å². The molecule has 2 aromatic carbocycles. The Bertz CT molecular complexity index is 895. The van der Waals surface area contributed by atoms with Gasteiger partial charge in [0.25, 0.3) is 0 Å². The molecular weight excluding hydrogens is 374 g/mol. The fourth-order valence-electron chi connectivity index (χ4n) is 2.49. The zero-order valence-electron chi connectivity index (χ0n) is 15.6. The number of benzene rings is 2. The Morgan fingerprint density at radius 1 is 1.18 bits per heavy atom. The zero-order chi connectivity index (χ0) is 19.9. The summed E-state index contributed by atoms with van der Waals surface area (Å²) in [4.78, 5) is 26.2. The average Bonchev–Trinajstić information content (AvgIpc) is 3.02. The fourth-order valence-corrected chi connectivity index (χ4v) is 3.42. The molecule has 144 valence electrons. The van der Waals surface area contributed by atoms with Crippen molar-refractivity contribution in [1.82, 2.24) is 5.32 Å². The number of amides is 2. The summed E-state index contributed by atoms with van der Waals surface area (Å²) in [5.74, 6) is -0.456. The highest BCUT2D eigenvalue weighted by Gasteiger charge is 2.32. The second-order valence-corrected chi connectivity index (χ2v) is 7.54. The lowest BCUT2D eigenvalue weighted by molar-refractivity contribution is -0.122. The lowest BCUT2D eigenvalue weighted by atomic mass is 10.2. The molecule has 7 nitrogen and oxygen atoms in total. The van der Waals surface area contributed by atoms with Crippen LogP contribution in [0.2, 0.25) is 0 Å². The normalized spacial score (nSPS) is 17.7. The summed E-state index contributed by atoms with van der Waals surface area (Å²) in [6, 6.07) is 17.0. The third-order valence-electron chi connectivity index (χ3n) is 3.97. The molecule has 1 atom stereocenters. The lowest BCUT2D eigenvalue weighted by Crippen LogP contribution is -2.28. The maximum atomic E-state index is 12.1. The Morgan fingerprint density at radius 2 is 1.89 bits per heavy atom. The smallest absolute Gasteiger partial charge is 0.240 e.